The van der Waals surface area contributed by atoms with E-state index in [-0.39, 0.29) is 0 Å². The lowest BCUT2D eigenvalue weighted by Crippen LogP contribution is -2.12. The lowest BCUT2D eigenvalue weighted by Gasteiger charge is -2.29. The van der Waals surface area contributed by atoms with Crippen molar-refractivity contribution in [2.45, 2.75) is 0 Å². The van der Waals surface area contributed by atoms with E-state index in [2.05, 4.69) is 181 Å². The van der Waals surface area contributed by atoms with Crippen LogP contribution in [0.2, 0.25) is 0 Å². The zero-order valence-electron chi connectivity index (χ0n) is 25.1. The van der Waals surface area contributed by atoms with E-state index in [0.717, 1.165) is 17.1 Å². The topological polar surface area (TPSA) is 3.24 Å². The second kappa shape index (κ2) is 11.0. The Kier molecular flexibility index (Phi) is 6.40. The van der Waals surface area contributed by atoms with Crippen LogP contribution in [0.4, 0.5) is 17.1 Å². The first-order chi connectivity index (χ1) is 22.8. The van der Waals surface area contributed by atoms with Crippen molar-refractivity contribution in [1.29, 1.82) is 0 Å². The van der Waals surface area contributed by atoms with Crippen LogP contribution in [0, 0.1) is 0 Å². The molecule has 46 heavy (non-hydrogen) atoms. The van der Waals surface area contributed by atoms with Gasteiger partial charge in [0.2, 0.25) is 0 Å². The van der Waals surface area contributed by atoms with E-state index in [1.807, 2.05) is 11.3 Å². The van der Waals surface area contributed by atoms with Gasteiger partial charge in [0.1, 0.15) is 0 Å². The van der Waals surface area contributed by atoms with Crippen molar-refractivity contribution in [3.8, 4) is 22.3 Å². The predicted octanol–water partition coefficient (Wildman–Crippen LogP) is 13.2. The fourth-order valence-corrected chi connectivity index (χ4v) is 7.96. The number of hydrogen-bond donors (Lipinski definition) is 0. The molecule has 1 heterocycles. The summed E-state index contributed by atoms with van der Waals surface area (Å²) in [4.78, 5) is 2.44. The molecular formula is C44H29NS. The standard InChI is InChI=1S/C44H29NS/c1-2-13-32-27-35(24-23-30(32)11-1)38-18-5-7-20-41(38)45(42-21-10-14-31-12-3-4-17-37(31)42)36-16-9-15-33(28-36)34-25-26-40-39-19-6-8-22-43(39)46-44(40)29-34/h1-29H. The molecule has 0 radical (unpaired) electrons. The van der Waals surface area contributed by atoms with Gasteiger partial charge in [-0.3, -0.25) is 0 Å². The molecule has 0 saturated heterocycles. The number of benzene rings is 8. The van der Waals surface area contributed by atoms with E-state index >= 15 is 0 Å². The van der Waals surface area contributed by atoms with E-state index in [1.54, 1.807) is 0 Å². The minimum Gasteiger partial charge on any atom is -0.309 e. The zero-order valence-corrected chi connectivity index (χ0v) is 25.9. The van der Waals surface area contributed by atoms with Gasteiger partial charge in [-0.25, -0.2) is 0 Å². The van der Waals surface area contributed by atoms with Crippen molar-refractivity contribution in [1.82, 2.24) is 0 Å². The van der Waals surface area contributed by atoms with E-state index < -0.39 is 0 Å². The molecule has 1 aromatic heterocycles. The van der Waals surface area contributed by atoms with Gasteiger partial charge in [-0.15, -0.1) is 11.3 Å². The molecule has 8 aromatic carbocycles. The number of para-hydroxylation sites is 1. The van der Waals surface area contributed by atoms with E-state index in [1.165, 1.54) is 64.0 Å². The van der Waals surface area contributed by atoms with Crippen molar-refractivity contribution < 1.29 is 0 Å². The van der Waals surface area contributed by atoms with Gasteiger partial charge in [-0.05, 0) is 75.3 Å². The van der Waals surface area contributed by atoms with Gasteiger partial charge in [0, 0.05) is 36.8 Å². The third kappa shape index (κ3) is 4.54. The van der Waals surface area contributed by atoms with Crippen molar-refractivity contribution in [3.63, 3.8) is 0 Å². The minimum absolute atomic E-state index is 1.12. The average Bonchev–Trinajstić information content (AvgIpc) is 3.50. The number of thiophene rings is 1. The maximum atomic E-state index is 2.44. The summed E-state index contributed by atoms with van der Waals surface area (Å²) < 4.78 is 2.65. The van der Waals surface area contributed by atoms with Gasteiger partial charge in [0.15, 0.2) is 0 Å². The van der Waals surface area contributed by atoms with Crippen molar-refractivity contribution in [3.05, 3.63) is 176 Å². The van der Waals surface area contributed by atoms with Gasteiger partial charge in [0.25, 0.3) is 0 Å². The maximum Gasteiger partial charge on any atom is 0.0540 e. The first-order valence-corrected chi connectivity index (χ1v) is 16.5. The smallest absolute Gasteiger partial charge is 0.0540 e. The van der Waals surface area contributed by atoms with Crippen LogP contribution < -0.4 is 4.90 Å². The first-order valence-electron chi connectivity index (χ1n) is 15.7. The Bertz CT molecular complexity index is 2550. The molecule has 2 heteroatoms. The first kappa shape index (κ1) is 26.7. The fraction of sp³-hybridized carbons (Fsp3) is 0. The fourth-order valence-electron chi connectivity index (χ4n) is 6.81. The molecule has 0 unspecified atom stereocenters. The molecule has 216 valence electrons. The minimum atomic E-state index is 1.12. The quantitative estimate of drug-likeness (QED) is 0.189. The third-order valence-corrected chi connectivity index (χ3v) is 10.2. The van der Waals surface area contributed by atoms with Crippen molar-refractivity contribution in [2.24, 2.45) is 0 Å². The van der Waals surface area contributed by atoms with Crippen LogP contribution in [0.15, 0.2) is 176 Å². The van der Waals surface area contributed by atoms with Crippen LogP contribution in [0.1, 0.15) is 0 Å². The molecule has 0 amide bonds. The highest BCUT2D eigenvalue weighted by Crippen LogP contribution is 2.45. The Labute approximate surface area is 272 Å². The predicted molar refractivity (Wildman–Crippen MR) is 200 cm³/mol. The highest BCUT2D eigenvalue weighted by molar-refractivity contribution is 7.25. The van der Waals surface area contributed by atoms with Gasteiger partial charge >= 0.3 is 0 Å². The van der Waals surface area contributed by atoms with Crippen LogP contribution in [0.5, 0.6) is 0 Å². The monoisotopic (exact) mass is 603 g/mol. The normalized spacial score (nSPS) is 11.5. The summed E-state index contributed by atoms with van der Waals surface area (Å²) in [5.74, 6) is 0. The van der Waals surface area contributed by atoms with Gasteiger partial charge in [0.05, 0.1) is 11.4 Å². The third-order valence-electron chi connectivity index (χ3n) is 9.03. The molecular weight excluding hydrogens is 575 g/mol. The highest BCUT2D eigenvalue weighted by Gasteiger charge is 2.20. The average molecular weight is 604 g/mol. The number of fused-ring (bicyclic) bond motifs is 5. The lowest BCUT2D eigenvalue weighted by atomic mass is 9.97. The zero-order chi connectivity index (χ0) is 30.5. The second-order valence-electron chi connectivity index (χ2n) is 11.8. The van der Waals surface area contributed by atoms with E-state index in [4.69, 9.17) is 0 Å². The van der Waals surface area contributed by atoms with Gasteiger partial charge < -0.3 is 4.90 Å². The molecule has 0 fully saturated rings. The van der Waals surface area contributed by atoms with E-state index in [0.29, 0.717) is 0 Å². The molecule has 9 rings (SSSR count). The molecule has 0 N–H and O–H groups in total. The molecule has 0 bridgehead atoms. The summed E-state index contributed by atoms with van der Waals surface area (Å²) in [5, 5.41) is 7.58. The van der Waals surface area contributed by atoms with Crippen LogP contribution >= 0.6 is 11.3 Å². The Morgan fingerprint density at radius 3 is 1.93 bits per heavy atom. The van der Waals surface area contributed by atoms with Gasteiger partial charge in [-0.2, -0.15) is 0 Å². The Morgan fingerprint density at radius 1 is 0.348 bits per heavy atom. The molecule has 0 saturated carbocycles. The Hall–Kier alpha value is -5.70. The molecule has 9 aromatic rings. The SMILES string of the molecule is c1cc(-c2ccc3c(c2)sc2ccccc23)cc(N(c2ccccc2-c2ccc3ccccc3c2)c2cccc3ccccc23)c1. The summed E-state index contributed by atoms with van der Waals surface area (Å²) in [7, 11) is 0. The van der Waals surface area contributed by atoms with Crippen LogP contribution in [-0.4, -0.2) is 0 Å². The summed E-state index contributed by atoms with van der Waals surface area (Å²) in [6.07, 6.45) is 0. The molecule has 0 aliphatic carbocycles. The van der Waals surface area contributed by atoms with Crippen LogP contribution in [0.25, 0.3) is 64.0 Å². The number of rotatable bonds is 5. The summed E-state index contributed by atoms with van der Waals surface area (Å²) in [6, 6.07) is 64.1. The Balaban J connectivity index is 1.25. The summed E-state index contributed by atoms with van der Waals surface area (Å²) >= 11 is 1.87. The summed E-state index contributed by atoms with van der Waals surface area (Å²) in [6.45, 7) is 0. The number of nitrogens with zero attached hydrogens (tertiary/aromatic N) is 1. The number of hydrogen-bond acceptors (Lipinski definition) is 2. The molecule has 1 nitrogen and oxygen atoms in total. The summed E-state index contributed by atoms with van der Waals surface area (Å²) in [5.41, 5.74) is 8.24. The van der Waals surface area contributed by atoms with E-state index in [9.17, 15) is 0 Å². The molecule has 0 spiro atoms. The lowest BCUT2D eigenvalue weighted by molar-refractivity contribution is 1.30. The van der Waals surface area contributed by atoms with Gasteiger partial charge in [-0.1, -0.05) is 133 Å². The molecule has 0 aliphatic rings. The molecule has 0 aliphatic heterocycles. The Morgan fingerprint density at radius 2 is 1.00 bits per heavy atom. The van der Waals surface area contributed by atoms with Crippen molar-refractivity contribution >= 4 is 70.1 Å². The second-order valence-corrected chi connectivity index (χ2v) is 12.9. The molecule has 0 atom stereocenters. The largest absolute Gasteiger partial charge is 0.309 e. The van der Waals surface area contributed by atoms with Crippen LogP contribution in [0.3, 0.4) is 0 Å². The highest BCUT2D eigenvalue weighted by atomic mass is 32.1. The number of anilines is 3. The van der Waals surface area contributed by atoms with Crippen LogP contribution in [-0.2, 0) is 0 Å². The van der Waals surface area contributed by atoms with Crippen molar-refractivity contribution in [2.75, 3.05) is 4.90 Å². The maximum absolute atomic E-state index is 2.44.